The third-order valence-corrected chi connectivity index (χ3v) is 3.65. The van der Waals surface area contributed by atoms with E-state index < -0.39 is 0 Å². The average molecular weight is 285 g/mol. The van der Waals surface area contributed by atoms with Crippen molar-refractivity contribution in [3.8, 4) is 11.5 Å². The molecule has 112 valence electrons. The quantitative estimate of drug-likeness (QED) is 0.732. The summed E-state index contributed by atoms with van der Waals surface area (Å²) in [6.45, 7) is 3.12. The maximum absolute atomic E-state index is 9.25. The molecule has 2 rings (SSSR count). The Balaban J connectivity index is 1.66. The van der Waals surface area contributed by atoms with E-state index in [1.807, 2.05) is 24.3 Å². The highest BCUT2D eigenvalue weighted by molar-refractivity contribution is 5.26. The van der Waals surface area contributed by atoms with Crippen LogP contribution in [0.4, 0.5) is 0 Å². The molecule has 0 saturated carbocycles. The zero-order valence-corrected chi connectivity index (χ0v) is 12.4. The maximum Gasteiger partial charge on any atom is 0.115 e. The number of phenolic OH excluding ortho intramolecular Hbond substituents is 2. The van der Waals surface area contributed by atoms with Gasteiger partial charge in [-0.25, -0.2) is 0 Å². The van der Waals surface area contributed by atoms with Crippen LogP contribution in [0.1, 0.15) is 24.5 Å². The van der Waals surface area contributed by atoms with Crippen molar-refractivity contribution in [2.75, 3.05) is 6.54 Å². The van der Waals surface area contributed by atoms with E-state index in [1.165, 1.54) is 11.1 Å². The van der Waals surface area contributed by atoms with Crippen molar-refractivity contribution in [2.45, 2.75) is 32.2 Å². The predicted octanol–water partition coefficient (Wildman–Crippen LogP) is 3.25. The third kappa shape index (κ3) is 5.48. The molecule has 0 aliphatic rings. The van der Waals surface area contributed by atoms with Gasteiger partial charge in [0.25, 0.3) is 0 Å². The zero-order valence-electron chi connectivity index (χ0n) is 12.4. The molecular weight excluding hydrogens is 262 g/mol. The summed E-state index contributed by atoms with van der Waals surface area (Å²) in [6.07, 6.45) is 3.04. The van der Waals surface area contributed by atoms with Gasteiger partial charge in [-0.3, -0.25) is 0 Å². The number of phenols is 2. The van der Waals surface area contributed by atoms with Crippen LogP contribution in [0.5, 0.6) is 11.5 Å². The number of rotatable bonds is 7. The normalized spacial score (nSPS) is 12.2. The first-order valence-electron chi connectivity index (χ1n) is 7.42. The van der Waals surface area contributed by atoms with E-state index in [-0.39, 0.29) is 0 Å². The molecule has 0 radical (unpaired) electrons. The van der Waals surface area contributed by atoms with Crippen LogP contribution >= 0.6 is 0 Å². The van der Waals surface area contributed by atoms with E-state index in [4.69, 9.17) is 0 Å². The summed E-state index contributed by atoms with van der Waals surface area (Å²) >= 11 is 0. The Kier molecular flexibility index (Phi) is 5.64. The lowest BCUT2D eigenvalue weighted by molar-refractivity contribution is 0.474. The molecule has 1 atom stereocenters. The van der Waals surface area contributed by atoms with Crippen molar-refractivity contribution in [3.63, 3.8) is 0 Å². The fourth-order valence-corrected chi connectivity index (χ4v) is 2.27. The number of hydrogen-bond acceptors (Lipinski definition) is 3. The largest absolute Gasteiger partial charge is 0.508 e. The van der Waals surface area contributed by atoms with Crippen LogP contribution < -0.4 is 5.32 Å². The number of benzene rings is 2. The van der Waals surface area contributed by atoms with Gasteiger partial charge in [-0.1, -0.05) is 24.3 Å². The molecule has 0 aliphatic heterocycles. The molecule has 0 aliphatic carbocycles. The Bertz CT molecular complexity index is 534. The molecule has 3 heteroatoms. The van der Waals surface area contributed by atoms with Crippen molar-refractivity contribution in [1.82, 2.24) is 5.32 Å². The molecule has 0 saturated heterocycles. The topological polar surface area (TPSA) is 52.5 Å². The molecule has 0 heterocycles. The van der Waals surface area contributed by atoms with E-state index in [0.717, 1.165) is 25.8 Å². The average Bonchev–Trinajstić information content (AvgIpc) is 2.49. The van der Waals surface area contributed by atoms with Crippen molar-refractivity contribution in [2.24, 2.45) is 0 Å². The van der Waals surface area contributed by atoms with Gasteiger partial charge in [0.05, 0.1) is 0 Å². The fourth-order valence-electron chi connectivity index (χ4n) is 2.27. The Labute approximate surface area is 126 Å². The lowest BCUT2D eigenvalue weighted by atomic mass is 10.1. The van der Waals surface area contributed by atoms with E-state index in [0.29, 0.717) is 17.5 Å². The second-order valence-electron chi connectivity index (χ2n) is 5.48. The number of nitrogens with one attached hydrogen (secondary N) is 1. The van der Waals surface area contributed by atoms with E-state index in [2.05, 4.69) is 12.2 Å². The highest BCUT2D eigenvalue weighted by atomic mass is 16.3. The first-order valence-corrected chi connectivity index (χ1v) is 7.42. The van der Waals surface area contributed by atoms with Crippen molar-refractivity contribution in [1.29, 1.82) is 0 Å². The van der Waals surface area contributed by atoms with Gasteiger partial charge in [0, 0.05) is 6.04 Å². The molecule has 0 amide bonds. The molecule has 0 aromatic heterocycles. The van der Waals surface area contributed by atoms with Crippen LogP contribution in [0.2, 0.25) is 0 Å². The molecule has 3 N–H and O–H groups in total. The monoisotopic (exact) mass is 285 g/mol. The molecule has 0 bridgehead atoms. The summed E-state index contributed by atoms with van der Waals surface area (Å²) in [4.78, 5) is 0. The van der Waals surface area contributed by atoms with Gasteiger partial charge in [0.15, 0.2) is 0 Å². The van der Waals surface area contributed by atoms with Gasteiger partial charge < -0.3 is 15.5 Å². The summed E-state index contributed by atoms with van der Waals surface area (Å²) in [6, 6.07) is 15.2. The van der Waals surface area contributed by atoms with Crippen LogP contribution in [0.15, 0.2) is 48.5 Å². The number of aromatic hydroxyl groups is 2. The Morgan fingerprint density at radius 3 is 1.81 bits per heavy atom. The zero-order chi connectivity index (χ0) is 15.1. The first-order chi connectivity index (χ1) is 10.1. The fraction of sp³-hybridized carbons (Fsp3) is 0.333. The second-order valence-corrected chi connectivity index (χ2v) is 5.48. The van der Waals surface area contributed by atoms with Gasteiger partial charge in [-0.2, -0.15) is 0 Å². The smallest absolute Gasteiger partial charge is 0.115 e. The van der Waals surface area contributed by atoms with Crippen LogP contribution in [0.25, 0.3) is 0 Å². The van der Waals surface area contributed by atoms with Gasteiger partial charge in [-0.05, 0) is 68.1 Å². The van der Waals surface area contributed by atoms with Crippen molar-refractivity contribution >= 4 is 0 Å². The molecule has 2 aromatic carbocycles. The molecular formula is C18H23NO2. The van der Waals surface area contributed by atoms with Crippen LogP contribution in [-0.4, -0.2) is 22.8 Å². The van der Waals surface area contributed by atoms with Gasteiger partial charge in [0.2, 0.25) is 0 Å². The van der Waals surface area contributed by atoms with Gasteiger partial charge in [-0.15, -0.1) is 0 Å². The van der Waals surface area contributed by atoms with Crippen LogP contribution in [-0.2, 0) is 12.8 Å². The minimum Gasteiger partial charge on any atom is -0.508 e. The molecule has 3 nitrogen and oxygen atoms in total. The molecule has 0 unspecified atom stereocenters. The minimum atomic E-state index is 0.314. The molecule has 0 fully saturated rings. The van der Waals surface area contributed by atoms with Gasteiger partial charge in [0.1, 0.15) is 11.5 Å². The van der Waals surface area contributed by atoms with Crippen LogP contribution in [0, 0.1) is 0 Å². The highest BCUT2D eigenvalue weighted by Crippen LogP contribution is 2.12. The Morgan fingerprint density at radius 1 is 0.810 bits per heavy atom. The Morgan fingerprint density at radius 2 is 1.29 bits per heavy atom. The Hall–Kier alpha value is -2.00. The summed E-state index contributed by atoms with van der Waals surface area (Å²) in [5, 5.41) is 22.0. The van der Waals surface area contributed by atoms with Crippen LogP contribution in [0.3, 0.4) is 0 Å². The predicted molar refractivity (Wildman–Crippen MR) is 85.7 cm³/mol. The summed E-state index contributed by atoms with van der Waals surface area (Å²) in [7, 11) is 0. The number of hydrogen-bond donors (Lipinski definition) is 3. The third-order valence-electron chi connectivity index (χ3n) is 3.65. The number of aryl methyl sites for hydroxylation is 1. The van der Waals surface area contributed by atoms with Gasteiger partial charge >= 0.3 is 0 Å². The summed E-state index contributed by atoms with van der Waals surface area (Å²) in [5.41, 5.74) is 2.48. The maximum atomic E-state index is 9.25. The standard InChI is InChI=1S/C18H23NO2/c1-14(2-3-15-4-8-17(20)9-5-15)19-13-12-16-6-10-18(21)11-7-16/h4-11,14,19-21H,2-3,12-13H2,1H3/t14-/m0/s1. The van der Waals surface area contributed by atoms with E-state index in [1.54, 1.807) is 24.3 Å². The van der Waals surface area contributed by atoms with E-state index in [9.17, 15) is 10.2 Å². The molecule has 0 spiro atoms. The molecule has 2 aromatic rings. The minimum absolute atomic E-state index is 0.314. The summed E-state index contributed by atoms with van der Waals surface area (Å²) in [5.74, 6) is 0.632. The lowest BCUT2D eigenvalue weighted by Gasteiger charge is -2.14. The van der Waals surface area contributed by atoms with Crippen molar-refractivity contribution in [3.05, 3.63) is 59.7 Å². The first kappa shape index (κ1) is 15.4. The summed E-state index contributed by atoms with van der Waals surface area (Å²) < 4.78 is 0. The SMILES string of the molecule is C[C@@H](CCc1ccc(O)cc1)NCCc1ccc(O)cc1. The molecule has 21 heavy (non-hydrogen) atoms. The lowest BCUT2D eigenvalue weighted by Crippen LogP contribution is -2.28. The van der Waals surface area contributed by atoms with E-state index >= 15 is 0 Å². The highest BCUT2D eigenvalue weighted by Gasteiger charge is 2.02. The second kappa shape index (κ2) is 7.70. The van der Waals surface area contributed by atoms with Crippen molar-refractivity contribution < 1.29 is 10.2 Å².